The predicted octanol–water partition coefficient (Wildman–Crippen LogP) is 3.39. The van der Waals surface area contributed by atoms with Crippen LogP contribution >= 0.6 is 0 Å². The number of nitrogens with one attached hydrogen (secondary N) is 1. The third kappa shape index (κ3) is 7.17. The Labute approximate surface area is 185 Å². The number of nitrogens with zero attached hydrogens (tertiary/aromatic N) is 1. The first-order valence-electron chi connectivity index (χ1n) is 10.5. The van der Waals surface area contributed by atoms with E-state index in [0.29, 0.717) is 37.6 Å². The van der Waals surface area contributed by atoms with Crippen molar-refractivity contribution in [2.75, 3.05) is 30.3 Å². The van der Waals surface area contributed by atoms with Gasteiger partial charge < -0.3 is 14.8 Å². The van der Waals surface area contributed by atoms with Gasteiger partial charge in [-0.25, -0.2) is 8.42 Å². The van der Waals surface area contributed by atoms with Crippen LogP contribution < -0.4 is 19.1 Å². The van der Waals surface area contributed by atoms with Gasteiger partial charge in [-0.2, -0.15) is 0 Å². The molecule has 8 heteroatoms. The first kappa shape index (κ1) is 24.5. The second-order valence-corrected chi connectivity index (χ2v) is 8.96. The summed E-state index contributed by atoms with van der Waals surface area (Å²) in [6.07, 6.45) is 2.56. The van der Waals surface area contributed by atoms with Gasteiger partial charge in [0, 0.05) is 6.54 Å². The van der Waals surface area contributed by atoms with E-state index in [9.17, 15) is 13.2 Å². The zero-order valence-corrected chi connectivity index (χ0v) is 19.4. The smallest absolute Gasteiger partial charge is 0.243 e. The van der Waals surface area contributed by atoms with E-state index >= 15 is 0 Å². The number of carbonyl (C=O) groups is 1. The van der Waals surface area contributed by atoms with E-state index in [1.165, 1.54) is 0 Å². The number of aryl methyl sites for hydroxylation is 1. The third-order valence-corrected chi connectivity index (χ3v) is 5.93. The van der Waals surface area contributed by atoms with Gasteiger partial charge in [0.25, 0.3) is 0 Å². The van der Waals surface area contributed by atoms with Crippen LogP contribution in [-0.4, -0.2) is 46.4 Å². The molecule has 0 saturated heterocycles. The van der Waals surface area contributed by atoms with E-state index < -0.39 is 16.1 Å². The van der Waals surface area contributed by atoms with Gasteiger partial charge in [0.2, 0.25) is 15.9 Å². The molecule has 31 heavy (non-hydrogen) atoms. The monoisotopic (exact) mass is 448 g/mol. The Kier molecular flexibility index (Phi) is 9.18. The average Bonchev–Trinajstić information content (AvgIpc) is 2.73. The van der Waals surface area contributed by atoms with E-state index in [0.717, 1.165) is 28.3 Å². The quantitative estimate of drug-likeness (QED) is 0.503. The van der Waals surface area contributed by atoms with Crippen molar-refractivity contribution in [2.45, 2.75) is 39.7 Å². The fourth-order valence-corrected chi connectivity index (χ4v) is 4.48. The summed E-state index contributed by atoms with van der Waals surface area (Å²) in [6.45, 7) is 6.94. The summed E-state index contributed by atoms with van der Waals surface area (Å²) in [5.74, 6) is 1.14. The third-order valence-electron chi connectivity index (χ3n) is 4.69. The lowest BCUT2D eigenvalue weighted by Crippen LogP contribution is -2.48. The number of carbonyl (C=O) groups excluding carboxylic acids is 1. The predicted molar refractivity (Wildman–Crippen MR) is 123 cm³/mol. The van der Waals surface area contributed by atoms with Crippen LogP contribution in [0.3, 0.4) is 0 Å². The average molecular weight is 449 g/mol. The molecule has 0 bridgehead atoms. The maximum atomic E-state index is 12.7. The molecule has 0 spiro atoms. The molecular formula is C23H32N2O5S. The molecule has 1 amide bonds. The molecule has 0 fully saturated rings. The standard InChI is InChI=1S/C23H32N2O5S/c1-5-29-21-15-13-20(14-16-21)25(31(4,27)28)18(3)23(26)24-17-9-11-19-10-7-8-12-22(19)30-6-2/h7-8,10,12-16,18H,5-6,9,11,17H2,1-4H3,(H,24,26)/t18-/m0/s1. The summed E-state index contributed by atoms with van der Waals surface area (Å²) in [5.41, 5.74) is 1.50. The van der Waals surface area contributed by atoms with Gasteiger partial charge in [-0.1, -0.05) is 18.2 Å². The van der Waals surface area contributed by atoms with Crippen LogP contribution in [0.2, 0.25) is 0 Å². The lowest BCUT2D eigenvalue weighted by atomic mass is 10.1. The van der Waals surface area contributed by atoms with Gasteiger partial charge in [-0.15, -0.1) is 0 Å². The van der Waals surface area contributed by atoms with Crippen LogP contribution in [0.25, 0.3) is 0 Å². The fourth-order valence-electron chi connectivity index (χ4n) is 3.31. The highest BCUT2D eigenvalue weighted by atomic mass is 32.2. The molecule has 170 valence electrons. The van der Waals surface area contributed by atoms with Gasteiger partial charge >= 0.3 is 0 Å². The number of hydrogen-bond acceptors (Lipinski definition) is 5. The summed E-state index contributed by atoms with van der Waals surface area (Å²) >= 11 is 0. The Bertz CT molecular complexity index is 945. The molecule has 0 heterocycles. The Morgan fingerprint density at radius 2 is 1.68 bits per heavy atom. The van der Waals surface area contributed by atoms with Gasteiger partial charge in [0.05, 0.1) is 25.2 Å². The number of ether oxygens (including phenoxy) is 2. The normalized spacial score (nSPS) is 12.1. The SMILES string of the molecule is CCOc1ccc(N([C@@H](C)C(=O)NCCCc2ccccc2OCC)S(C)(=O)=O)cc1. The van der Waals surface area contributed by atoms with E-state index in [4.69, 9.17) is 9.47 Å². The molecule has 1 atom stereocenters. The first-order valence-corrected chi connectivity index (χ1v) is 12.3. The largest absolute Gasteiger partial charge is 0.494 e. The van der Waals surface area contributed by atoms with Crippen LogP contribution in [-0.2, 0) is 21.2 Å². The van der Waals surface area contributed by atoms with Crippen molar-refractivity contribution in [3.05, 3.63) is 54.1 Å². The van der Waals surface area contributed by atoms with Crippen molar-refractivity contribution in [3.8, 4) is 11.5 Å². The van der Waals surface area contributed by atoms with Crippen molar-refractivity contribution in [1.82, 2.24) is 5.32 Å². The highest BCUT2D eigenvalue weighted by Crippen LogP contribution is 2.24. The molecule has 2 aromatic carbocycles. The Balaban J connectivity index is 1.99. The molecule has 0 radical (unpaired) electrons. The topological polar surface area (TPSA) is 84.9 Å². The molecule has 7 nitrogen and oxygen atoms in total. The minimum absolute atomic E-state index is 0.350. The number of anilines is 1. The zero-order chi connectivity index (χ0) is 22.9. The van der Waals surface area contributed by atoms with Crippen molar-refractivity contribution < 1.29 is 22.7 Å². The van der Waals surface area contributed by atoms with E-state index in [1.54, 1.807) is 31.2 Å². The number of amides is 1. The van der Waals surface area contributed by atoms with Gasteiger partial charge in [0.1, 0.15) is 17.5 Å². The molecule has 0 unspecified atom stereocenters. The van der Waals surface area contributed by atoms with E-state index in [1.807, 2.05) is 38.1 Å². The van der Waals surface area contributed by atoms with Gasteiger partial charge in [-0.3, -0.25) is 9.10 Å². The van der Waals surface area contributed by atoms with Crippen molar-refractivity contribution >= 4 is 21.6 Å². The Morgan fingerprint density at radius 3 is 2.29 bits per heavy atom. The number of para-hydroxylation sites is 1. The van der Waals surface area contributed by atoms with Crippen LogP contribution in [0.5, 0.6) is 11.5 Å². The summed E-state index contributed by atoms with van der Waals surface area (Å²) in [7, 11) is -3.66. The molecular weight excluding hydrogens is 416 g/mol. The zero-order valence-electron chi connectivity index (χ0n) is 18.6. The molecule has 0 aliphatic carbocycles. The Morgan fingerprint density at radius 1 is 1.03 bits per heavy atom. The summed E-state index contributed by atoms with van der Waals surface area (Å²) in [5, 5.41) is 2.85. The highest BCUT2D eigenvalue weighted by Gasteiger charge is 2.28. The van der Waals surface area contributed by atoms with E-state index in [2.05, 4.69) is 5.32 Å². The fraction of sp³-hybridized carbons (Fsp3) is 0.435. The van der Waals surface area contributed by atoms with Crippen LogP contribution in [0.4, 0.5) is 5.69 Å². The molecule has 0 aromatic heterocycles. The second-order valence-electron chi connectivity index (χ2n) is 7.10. The molecule has 0 aliphatic rings. The first-order chi connectivity index (χ1) is 14.8. The van der Waals surface area contributed by atoms with Gasteiger partial charge in [0.15, 0.2) is 0 Å². The Hall–Kier alpha value is -2.74. The summed E-state index contributed by atoms with van der Waals surface area (Å²) < 4.78 is 37.0. The molecule has 2 rings (SSSR count). The van der Waals surface area contributed by atoms with Gasteiger partial charge in [-0.05, 0) is 69.5 Å². The second kappa shape index (κ2) is 11.6. The van der Waals surface area contributed by atoms with Crippen LogP contribution in [0.1, 0.15) is 32.8 Å². The van der Waals surface area contributed by atoms with Crippen molar-refractivity contribution in [2.24, 2.45) is 0 Å². The maximum absolute atomic E-state index is 12.7. The van der Waals surface area contributed by atoms with Crippen molar-refractivity contribution in [1.29, 1.82) is 0 Å². The minimum atomic E-state index is -3.66. The van der Waals surface area contributed by atoms with Crippen LogP contribution in [0, 0.1) is 0 Å². The number of hydrogen-bond donors (Lipinski definition) is 1. The number of sulfonamides is 1. The highest BCUT2D eigenvalue weighted by molar-refractivity contribution is 7.92. The number of rotatable bonds is 12. The summed E-state index contributed by atoms with van der Waals surface area (Å²) in [4.78, 5) is 12.7. The van der Waals surface area contributed by atoms with Crippen molar-refractivity contribution in [3.63, 3.8) is 0 Å². The summed E-state index contributed by atoms with van der Waals surface area (Å²) in [6, 6.07) is 13.6. The maximum Gasteiger partial charge on any atom is 0.243 e. The lowest BCUT2D eigenvalue weighted by Gasteiger charge is -2.28. The minimum Gasteiger partial charge on any atom is -0.494 e. The molecule has 1 N–H and O–H groups in total. The number of benzene rings is 2. The molecule has 0 saturated carbocycles. The van der Waals surface area contributed by atoms with E-state index in [-0.39, 0.29) is 5.91 Å². The molecule has 2 aromatic rings. The molecule has 0 aliphatic heterocycles. The lowest BCUT2D eigenvalue weighted by molar-refractivity contribution is -0.121. The van der Waals surface area contributed by atoms with Crippen LogP contribution in [0.15, 0.2) is 48.5 Å².